The third-order valence-electron chi connectivity index (χ3n) is 2.70. The van der Waals surface area contributed by atoms with E-state index in [1.807, 2.05) is 18.2 Å². The van der Waals surface area contributed by atoms with Gasteiger partial charge in [-0.2, -0.15) is 0 Å². The van der Waals surface area contributed by atoms with Crippen LogP contribution in [0.3, 0.4) is 0 Å². The summed E-state index contributed by atoms with van der Waals surface area (Å²) >= 11 is 4.58. The van der Waals surface area contributed by atoms with Gasteiger partial charge in [0.15, 0.2) is 5.12 Å². The molecule has 1 aliphatic heterocycles. The molecule has 1 unspecified atom stereocenters. The summed E-state index contributed by atoms with van der Waals surface area (Å²) in [7, 11) is 0. The van der Waals surface area contributed by atoms with Crippen molar-refractivity contribution in [3.05, 3.63) is 22.8 Å². The van der Waals surface area contributed by atoms with Gasteiger partial charge in [-0.3, -0.25) is 14.5 Å². The number of amides is 1. The van der Waals surface area contributed by atoms with E-state index < -0.39 is 0 Å². The van der Waals surface area contributed by atoms with Gasteiger partial charge in [0.05, 0.1) is 0 Å². The molecule has 2 heterocycles. The van der Waals surface area contributed by atoms with Crippen LogP contribution in [0.25, 0.3) is 0 Å². The van der Waals surface area contributed by atoms with Crippen LogP contribution in [0.4, 0.5) is 5.82 Å². The molecule has 0 radical (unpaired) electrons. The van der Waals surface area contributed by atoms with Crippen LogP contribution in [-0.4, -0.2) is 28.3 Å². The molecule has 1 saturated heterocycles. The first kappa shape index (κ1) is 13.5. The lowest BCUT2D eigenvalue weighted by molar-refractivity contribution is -0.117. The average Bonchev–Trinajstić information content (AvgIpc) is 2.68. The maximum absolute atomic E-state index is 11.9. The van der Waals surface area contributed by atoms with Crippen LogP contribution in [0.15, 0.2) is 22.8 Å². The first-order valence-electron chi connectivity index (χ1n) is 5.62. The van der Waals surface area contributed by atoms with Gasteiger partial charge in [0.1, 0.15) is 10.4 Å². The van der Waals surface area contributed by atoms with Crippen LogP contribution >= 0.6 is 27.7 Å². The molecule has 1 atom stereocenters. The molecule has 1 aromatic rings. The van der Waals surface area contributed by atoms with Crippen molar-refractivity contribution in [2.45, 2.75) is 13.3 Å². The van der Waals surface area contributed by atoms with E-state index in [2.05, 4.69) is 20.9 Å². The fraction of sp³-hybridized carbons (Fsp3) is 0.417. The van der Waals surface area contributed by atoms with Crippen LogP contribution < -0.4 is 4.90 Å². The molecule has 1 fully saturated rings. The molecule has 0 saturated carbocycles. The third-order valence-corrected chi connectivity index (χ3v) is 4.19. The van der Waals surface area contributed by atoms with E-state index in [0.717, 1.165) is 4.60 Å². The Labute approximate surface area is 118 Å². The molecule has 0 N–H and O–H groups in total. The molecule has 0 aromatic carbocycles. The van der Waals surface area contributed by atoms with Gasteiger partial charge < -0.3 is 0 Å². The second kappa shape index (κ2) is 5.84. The summed E-state index contributed by atoms with van der Waals surface area (Å²) in [5, 5.41) is 0.0986. The molecule has 1 aliphatic rings. The molecule has 0 bridgehead atoms. The molecule has 4 nitrogen and oxygen atoms in total. The average molecular weight is 329 g/mol. The fourth-order valence-electron chi connectivity index (χ4n) is 1.90. The molecule has 2 rings (SSSR count). The lowest BCUT2D eigenvalue weighted by Crippen LogP contribution is -2.25. The Morgan fingerprint density at radius 2 is 2.39 bits per heavy atom. The van der Waals surface area contributed by atoms with Crippen molar-refractivity contribution < 1.29 is 9.59 Å². The first-order valence-corrected chi connectivity index (χ1v) is 7.40. The third kappa shape index (κ3) is 3.32. The van der Waals surface area contributed by atoms with Gasteiger partial charge in [0.2, 0.25) is 5.91 Å². The van der Waals surface area contributed by atoms with Crippen molar-refractivity contribution in [2.24, 2.45) is 5.92 Å². The number of aromatic nitrogens is 1. The van der Waals surface area contributed by atoms with Gasteiger partial charge in [0.25, 0.3) is 0 Å². The zero-order chi connectivity index (χ0) is 13.1. The Hall–Kier alpha value is -0.880. The number of rotatable bonds is 3. The normalized spacial score (nSPS) is 19.3. The minimum Gasteiger partial charge on any atom is -0.296 e. The number of pyridine rings is 1. The number of hydrogen-bond donors (Lipinski definition) is 0. The van der Waals surface area contributed by atoms with Crippen molar-refractivity contribution in [1.82, 2.24) is 4.98 Å². The van der Waals surface area contributed by atoms with Crippen LogP contribution in [-0.2, 0) is 9.59 Å². The minimum atomic E-state index is 0.0785. The Bertz CT molecular complexity index is 481. The van der Waals surface area contributed by atoms with Gasteiger partial charge in [-0.1, -0.05) is 17.8 Å². The molecule has 1 aromatic heterocycles. The summed E-state index contributed by atoms with van der Waals surface area (Å²) in [6.45, 7) is 2.19. The van der Waals surface area contributed by atoms with Crippen molar-refractivity contribution in [3.63, 3.8) is 0 Å². The number of carbonyl (C=O) groups is 2. The lowest BCUT2D eigenvalue weighted by atomic mass is 10.1. The van der Waals surface area contributed by atoms with E-state index in [1.54, 1.807) is 11.8 Å². The summed E-state index contributed by atoms with van der Waals surface area (Å²) in [5.41, 5.74) is 0. The molecular formula is C12H13BrN2O2S. The minimum absolute atomic E-state index is 0.0785. The second-order valence-electron chi connectivity index (χ2n) is 4.20. The summed E-state index contributed by atoms with van der Waals surface area (Å²) in [5.74, 6) is 1.68. The van der Waals surface area contributed by atoms with E-state index >= 15 is 0 Å². The Kier molecular flexibility index (Phi) is 4.40. The SMILES string of the molecule is CC(=O)SCC1CC(=O)N(c2cccc(Br)n2)C1. The van der Waals surface area contributed by atoms with Crippen molar-refractivity contribution in [3.8, 4) is 0 Å². The molecule has 6 heteroatoms. The summed E-state index contributed by atoms with van der Waals surface area (Å²) < 4.78 is 0.717. The van der Waals surface area contributed by atoms with Gasteiger partial charge >= 0.3 is 0 Å². The van der Waals surface area contributed by atoms with E-state index in [4.69, 9.17) is 0 Å². The highest BCUT2D eigenvalue weighted by atomic mass is 79.9. The van der Waals surface area contributed by atoms with Crippen molar-refractivity contribution in [2.75, 3.05) is 17.2 Å². The molecule has 96 valence electrons. The lowest BCUT2D eigenvalue weighted by Gasteiger charge is -2.15. The summed E-state index contributed by atoms with van der Waals surface area (Å²) in [4.78, 5) is 28.8. The monoisotopic (exact) mass is 328 g/mol. The van der Waals surface area contributed by atoms with Crippen molar-refractivity contribution >= 4 is 44.5 Å². The predicted molar refractivity (Wildman–Crippen MR) is 75.5 cm³/mol. The summed E-state index contributed by atoms with van der Waals surface area (Å²) in [6, 6.07) is 5.51. The highest BCUT2D eigenvalue weighted by molar-refractivity contribution is 9.10. The number of hydrogen-bond acceptors (Lipinski definition) is 4. The maximum atomic E-state index is 11.9. The number of anilines is 1. The first-order chi connectivity index (χ1) is 8.56. The van der Waals surface area contributed by atoms with Gasteiger partial charge in [0, 0.05) is 25.6 Å². The molecule has 0 spiro atoms. The van der Waals surface area contributed by atoms with E-state index in [1.165, 1.54) is 11.8 Å². The van der Waals surface area contributed by atoms with Gasteiger partial charge in [-0.15, -0.1) is 0 Å². The molecule has 1 amide bonds. The van der Waals surface area contributed by atoms with Crippen molar-refractivity contribution in [1.29, 1.82) is 0 Å². The number of thioether (sulfide) groups is 1. The Morgan fingerprint density at radius 3 is 3.06 bits per heavy atom. The maximum Gasteiger partial charge on any atom is 0.228 e. The van der Waals surface area contributed by atoms with Crippen LogP contribution in [0.1, 0.15) is 13.3 Å². The quantitative estimate of drug-likeness (QED) is 0.800. The largest absolute Gasteiger partial charge is 0.296 e. The second-order valence-corrected chi connectivity index (χ2v) is 6.20. The highest BCUT2D eigenvalue weighted by Crippen LogP contribution is 2.26. The van der Waals surface area contributed by atoms with Gasteiger partial charge in [-0.25, -0.2) is 4.98 Å². The topological polar surface area (TPSA) is 50.3 Å². The van der Waals surface area contributed by atoms with E-state index in [-0.39, 0.29) is 16.9 Å². The Morgan fingerprint density at radius 1 is 1.61 bits per heavy atom. The number of carbonyl (C=O) groups excluding carboxylic acids is 2. The van der Waals surface area contributed by atoms with Crippen LogP contribution in [0.2, 0.25) is 0 Å². The van der Waals surface area contributed by atoms with Crippen LogP contribution in [0, 0.1) is 5.92 Å². The number of nitrogens with zero attached hydrogens (tertiary/aromatic N) is 2. The van der Waals surface area contributed by atoms with Gasteiger partial charge in [-0.05, 0) is 34.0 Å². The molecule has 18 heavy (non-hydrogen) atoms. The fourth-order valence-corrected chi connectivity index (χ4v) is 2.93. The van der Waals surface area contributed by atoms with Crippen LogP contribution in [0.5, 0.6) is 0 Å². The molecule has 0 aliphatic carbocycles. The predicted octanol–water partition coefficient (Wildman–Crippen LogP) is 2.48. The van der Waals surface area contributed by atoms with E-state index in [9.17, 15) is 9.59 Å². The zero-order valence-corrected chi connectivity index (χ0v) is 12.3. The standard InChI is InChI=1S/C12H13BrN2O2S/c1-8(16)18-7-9-5-12(17)15(6-9)11-4-2-3-10(13)14-11/h2-4,9H,5-7H2,1H3. The summed E-state index contributed by atoms with van der Waals surface area (Å²) in [6.07, 6.45) is 0.495. The highest BCUT2D eigenvalue weighted by Gasteiger charge is 2.31. The number of halogens is 1. The smallest absolute Gasteiger partial charge is 0.228 e. The Balaban J connectivity index is 2.03. The zero-order valence-electron chi connectivity index (χ0n) is 9.93. The van der Waals surface area contributed by atoms with E-state index in [0.29, 0.717) is 24.5 Å². The molecular weight excluding hydrogens is 316 g/mol.